The monoisotopic (exact) mass is 367 g/mol. The molecule has 7 heteroatoms. The smallest absolute Gasteiger partial charge is 0.246 e. The van der Waals surface area contributed by atoms with Crippen LogP contribution in [0, 0.1) is 0 Å². The first kappa shape index (κ1) is 17.6. The molecule has 1 aliphatic rings. The first-order chi connectivity index (χ1) is 11.4. The lowest BCUT2D eigenvalue weighted by molar-refractivity contribution is 0.286. The van der Waals surface area contributed by atoms with Crippen molar-refractivity contribution in [2.24, 2.45) is 0 Å². The molecule has 2 heterocycles. The van der Waals surface area contributed by atoms with E-state index in [2.05, 4.69) is 5.10 Å². The first-order valence-corrected chi connectivity index (χ1v) is 10.8. The quantitative estimate of drug-likeness (QED) is 0.798. The molecule has 0 unspecified atom stereocenters. The van der Waals surface area contributed by atoms with Crippen molar-refractivity contribution in [3.63, 3.8) is 0 Å². The molecule has 0 bridgehead atoms. The van der Waals surface area contributed by atoms with E-state index < -0.39 is 10.0 Å². The summed E-state index contributed by atoms with van der Waals surface area (Å²) in [7, 11) is -1.83. The summed E-state index contributed by atoms with van der Waals surface area (Å²) in [5, 5.41) is 6.52. The second-order valence-corrected chi connectivity index (χ2v) is 9.62. The van der Waals surface area contributed by atoms with Crippen molar-refractivity contribution in [3.05, 3.63) is 23.7 Å². The summed E-state index contributed by atoms with van der Waals surface area (Å²) >= 11 is 1.52. The molecule has 3 rings (SSSR count). The van der Waals surface area contributed by atoms with Crippen LogP contribution >= 0.6 is 11.3 Å². The highest BCUT2D eigenvalue weighted by molar-refractivity contribution is 7.89. The fourth-order valence-corrected chi connectivity index (χ4v) is 5.55. The second-order valence-electron chi connectivity index (χ2n) is 6.71. The standard InChI is InChI=1S/C17H25N3O2S2/c1-13(2)20-12-16(17(18-20)15-10-7-11-23-15)24(21,22)19(3)14-8-5-4-6-9-14/h7,10-14H,4-6,8-9H2,1-3H3. The van der Waals surface area contributed by atoms with Crippen LogP contribution in [-0.2, 0) is 10.0 Å². The van der Waals surface area contributed by atoms with Gasteiger partial charge >= 0.3 is 0 Å². The molecule has 0 spiro atoms. The van der Waals surface area contributed by atoms with Crippen molar-refractivity contribution in [2.75, 3.05) is 7.05 Å². The Labute approximate surface area is 148 Å². The van der Waals surface area contributed by atoms with E-state index in [9.17, 15) is 8.42 Å². The third-order valence-electron chi connectivity index (χ3n) is 4.73. The second kappa shape index (κ2) is 6.98. The summed E-state index contributed by atoms with van der Waals surface area (Å²) in [6, 6.07) is 4.07. The number of aromatic nitrogens is 2. The molecule has 0 atom stereocenters. The van der Waals surface area contributed by atoms with E-state index in [4.69, 9.17) is 0 Å². The largest absolute Gasteiger partial charge is 0.268 e. The van der Waals surface area contributed by atoms with E-state index in [1.54, 1.807) is 22.2 Å². The summed E-state index contributed by atoms with van der Waals surface area (Å²) in [4.78, 5) is 1.22. The molecule has 2 aromatic rings. The van der Waals surface area contributed by atoms with E-state index in [1.165, 1.54) is 17.8 Å². The zero-order valence-electron chi connectivity index (χ0n) is 14.5. The molecule has 0 aliphatic heterocycles. The van der Waals surface area contributed by atoms with Gasteiger partial charge in [0.15, 0.2) is 0 Å². The predicted molar refractivity (Wildman–Crippen MR) is 97.7 cm³/mol. The number of sulfonamides is 1. The Morgan fingerprint density at radius 2 is 2.00 bits per heavy atom. The Hall–Kier alpha value is -1.18. The van der Waals surface area contributed by atoms with Gasteiger partial charge in [0.2, 0.25) is 10.0 Å². The maximum atomic E-state index is 13.3. The lowest BCUT2D eigenvalue weighted by Gasteiger charge is -2.30. The van der Waals surface area contributed by atoms with Crippen molar-refractivity contribution in [2.45, 2.75) is 62.9 Å². The zero-order valence-corrected chi connectivity index (χ0v) is 16.1. The number of rotatable bonds is 5. The molecular formula is C17H25N3O2S2. The molecule has 1 aliphatic carbocycles. The number of hydrogen-bond donors (Lipinski definition) is 0. The van der Waals surface area contributed by atoms with Crippen LogP contribution in [0.2, 0.25) is 0 Å². The normalized spacial score (nSPS) is 17.0. The molecular weight excluding hydrogens is 342 g/mol. The minimum Gasteiger partial charge on any atom is -0.268 e. The fraction of sp³-hybridized carbons (Fsp3) is 0.588. The molecule has 2 aromatic heterocycles. The minimum absolute atomic E-state index is 0.0994. The van der Waals surface area contributed by atoms with E-state index in [1.807, 2.05) is 31.4 Å². The van der Waals surface area contributed by atoms with Gasteiger partial charge in [-0.15, -0.1) is 11.3 Å². The maximum Gasteiger partial charge on any atom is 0.246 e. The van der Waals surface area contributed by atoms with Crippen LogP contribution in [0.15, 0.2) is 28.6 Å². The molecule has 0 radical (unpaired) electrons. The van der Waals surface area contributed by atoms with Gasteiger partial charge in [-0.1, -0.05) is 25.3 Å². The molecule has 0 amide bonds. The van der Waals surface area contributed by atoms with Crippen molar-refractivity contribution in [1.29, 1.82) is 0 Å². The Balaban J connectivity index is 2.03. The fourth-order valence-electron chi connectivity index (χ4n) is 3.21. The predicted octanol–water partition coefficient (Wildman–Crippen LogP) is 4.15. The average molecular weight is 368 g/mol. The van der Waals surface area contributed by atoms with Crippen LogP contribution in [-0.4, -0.2) is 35.6 Å². The van der Waals surface area contributed by atoms with E-state index in [0.29, 0.717) is 10.6 Å². The van der Waals surface area contributed by atoms with Crippen molar-refractivity contribution >= 4 is 21.4 Å². The lowest BCUT2D eigenvalue weighted by atomic mass is 9.96. The zero-order chi connectivity index (χ0) is 17.3. The Morgan fingerprint density at radius 1 is 1.29 bits per heavy atom. The van der Waals surface area contributed by atoms with Crippen molar-refractivity contribution < 1.29 is 8.42 Å². The molecule has 132 valence electrons. The lowest BCUT2D eigenvalue weighted by Crippen LogP contribution is -2.38. The highest BCUT2D eigenvalue weighted by Gasteiger charge is 2.33. The number of thiophene rings is 1. The highest BCUT2D eigenvalue weighted by atomic mass is 32.2. The summed E-state index contributed by atoms with van der Waals surface area (Å²) < 4.78 is 29.8. The Bertz CT molecular complexity index is 773. The average Bonchev–Trinajstić information content (AvgIpc) is 3.24. The number of hydrogen-bond acceptors (Lipinski definition) is 4. The maximum absolute atomic E-state index is 13.3. The van der Waals surface area contributed by atoms with Crippen molar-refractivity contribution in [1.82, 2.24) is 14.1 Å². The summed E-state index contributed by atoms with van der Waals surface area (Å²) in [6.07, 6.45) is 7.00. The van der Waals surface area contributed by atoms with E-state index >= 15 is 0 Å². The molecule has 24 heavy (non-hydrogen) atoms. The van der Waals surface area contributed by atoms with Gasteiger partial charge in [-0.2, -0.15) is 9.40 Å². The molecule has 1 saturated carbocycles. The third kappa shape index (κ3) is 3.30. The van der Waals surface area contributed by atoms with E-state index in [-0.39, 0.29) is 12.1 Å². The topological polar surface area (TPSA) is 55.2 Å². The van der Waals surface area contributed by atoms with Gasteiger partial charge in [-0.05, 0) is 38.1 Å². The molecule has 5 nitrogen and oxygen atoms in total. The summed E-state index contributed by atoms with van der Waals surface area (Å²) in [6.45, 7) is 4.01. The molecule has 1 fully saturated rings. The highest BCUT2D eigenvalue weighted by Crippen LogP contribution is 2.34. The van der Waals surface area contributed by atoms with Crippen LogP contribution in [0.4, 0.5) is 0 Å². The third-order valence-corrected chi connectivity index (χ3v) is 7.52. The van der Waals surface area contributed by atoms with E-state index in [0.717, 1.165) is 30.6 Å². The summed E-state index contributed by atoms with van der Waals surface area (Å²) in [5.41, 5.74) is 0.571. The van der Waals surface area contributed by atoms with Gasteiger partial charge < -0.3 is 0 Å². The van der Waals surface area contributed by atoms with Crippen LogP contribution in [0.3, 0.4) is 0 Å². The summed E-state index contributed by atoms with van der Waals surface area (Å²) in [5.74, 6) is 0. The Morgan fingerprint density at radius 3 is 2.58 bits per heavy atom. The molecule has 0 saturated heterocycles. The van der Waals surface area contributed by atoms with Crippen LogP contribution in [0.25, 0.3) is 10.6 Å². The number of nitrogens with zero attached hydrogens (tertiary/aromatic N) is 3. The van der Waals surface area contributed by atoms with Gasteiger partial charge in [-0.3, -0.25) is 4.68 Å². The van der Waals surface area contributed by atoms with Crippen LogP contribution < -0.4 is 0 Å². The van der Waals surface area contributed by atoms with Crippen LogP contribution in [0.5, 0.6) is 0 Å². The minimum atomic E-state index is -3.55. The molecule has 0 N–H and O–H groups in total. The van der Waals surface area contributed by atoms with Gasteiger partial charge in [-0.25, -0.2) is 8.42 Å². The first-order valence-electron chi connectivity index (χ1n) is 8.52. The van der Waals surface area contributed by atoms with Crippen molar-refractivity contribution in [3.8, 4) is 10.6 Å². The van der Waals surface area contributed by atoms with Gasteiger partial charge in [0.25, 0.3) is 0 Å². The van der Waals surface area contributed by atoms with Crippen LogP contribution in [0.1, 0.15) is 52.0 Å². The Kier molecular flexibility index (Phi) is 5.13. The van der Waals surface area contributed by atoms with Gasteiger partial charge in [0.1, 0.15) is 10.6 Å². The van der Waals surface area contributed by atoms with Gasteiger partial charge in [0, 0.05) is 25.3 Å². The molecule has 0 aromatic carbocycles. The SMILES string of the molecule is CC(C)n1cc(S(=O)(=O)N(C)C2CCCCC2)c(-c2cccs2)n1. The van der Waals surface area contributed by atoms with Gasteiger partial charge in [0.05, 0.1) is 4.88 Å².